The molecular formula is C18H31ClN2. The molecule has 1 aliphatic rings. The second-order valence-corrected chi connectivity index (χ2v) is 6.49. The lowest BCUT2D eigenvalue weighted by atomic mass is 9.92. The average molecular weight is 311 g/mol. The van der Waals surface area contributed by atoms with Crippen molar-refractivity contribution in [2.24, 2.45) is 5.92 Å². The van der Waals surface area contributed by atoms with E-state index in [2.05, 4.69) is 50.2 Å². The van der Waals surface area contributed by atoms with Gasteiger partial charge in [-0.25, -0.2) is 0 Å². The van der Waals surface area contributed by atoms with Crippen molar-refractivity contribution in [2.45, 2.75) is 46.6 Å². The predicted octanol–water partition coefficient (Wildman–Crippen LogP) is 3.86. The summed E-state index contributed by atoms with van der Waals surface area (Å²) in [5, 5.41) is 3.27. The van der Waals surface area contributed by atoms with Crippen LogP contribution in [0.4, 0.5) is 0 Å². The number of benzene rings is 1. The van der Waals surface area contributed by atoms with Crippen LogP contribution in [0.25, 0.3) is 0 Å². The maximum atomic E-state index is 3.27. The second kappa shape index (κ2) is 8.77. The molecule has 1 N–H and O–H groups in total. The normalized spacial score (nSPS) is 16.8. The Balaban J connectivity index is 0.00000220. The molecule has 2 rings (SSSR count). The first kappa shape index (κ1) is 18.5. The van der Waals surface area contributed by atoms with Crippen LogP contribution in [0.5, 0.6) is 0 Å². The van der Waals surface area contributed by atoms with Crippen molar-refractivity contribution in [1.82, 2.24) is 10.2 Å². The van der Waals surface area contributed by atoms with Crippen molar-refractivity contribution in [3.63, 3.8) is 0 Å². The maximum absolute atomic E-state index is 3.27. The van der Waals surface area contributed by atoms with E-state index in [1.807, 2.05) is 0 Å². The third kappa shape index (κ3) is 5.28. The summed E-state index contributed by atoms with van der Waals surface area (Å²) in [6.07, 6.45) is 4.07. The number of aryl methyl sites for hydroxylation is 3. The largest absolute Gasteiger partial charge is 0.320 e. The van der Waals surface area contributed by atoms with Crippen molar-refractivity contribution >= 4 is 12.4 Å². The van der Waals surface area contributed by atoms with Crippen LogP contribution in [-0.2, 0) is 6.54 Å². The smallest absolute Gasteiger partial charge is 0.0238 e. The fourth-order valence-corrected chi connectivity index (χ4v) is 3.46. The minimum atomic E-state index is 0. The molecule has 120 valence electrons. The highest BCUT2D eigenvalue weighted by Gasteiger charge is 2.19. The van der Waals surface area contributed by atoms with E-state index in [-0.39, 0.29) is 12.4 Å². The second-order valence-electron chi connectivity index (χ2n) is 6.49. The number of halogens is 1. The van der Waals surface area contributed by atoms with Gasteiger partial charge in [0.15, 0.2) is 0 Å². The van der Waals surface area contributed by atoms with Crippen LogP contribution in [0.2, 0.25) is 0 Å². The van der Waals surface area contributed by atoms with Gasteiger partial charge in [-0.15, -0.1) is 12.4 Å². The fraction of sp³-hybridized carbons (Fsp3) is 0.667. The van der Waals surface area contributed by atoms with Crippen LogP contribution in [-0.4, -0.2) is 31.6 Å². The standard InChI is InChI=1S/C18H30N2.ClH/c1-14-11-15(2)18(16(3)12-14)13-20-9-6-17(7-10-20)5-8-19-4;/h11-12,17,19H,5-10,13H2,1-4H3;1H. The van der Waals surface area contributed by atoms with Gasteiger partial charge in [-0.05, 0) is 89.3 Å². The molecule has 0 aliphatic carbocycles. The van der Waals surface area contributed by atoms with Crippen LogP contribution in [0.1, 0.15) is 41.5 Å². The number of likely N-dealkylation sites (tertiary alicyclic amines) is 1. The molecule has 0 atom stereocenters. The van der Waals surface area contributed by atoms with Crippen LogP contribution in [0.3, 0.4) is 0 Å². The highest BCUT2D eigenvalue weighted by atomic mass is 35.5. The van der Waals surface area contributed by atoms with Gasteiger partial charge in [0, 0.05) is 6.54 Å². The Morgan fingerprint density at radius 2 is 1.67 bits per heavy atom. The molecule has 1 aromatic rings. The molecule has 0 amide bonds. The summed E-state index contributed by atoms with van der Waals surface area (Å²) < 4.78 is 0. The fourth-order valence-electron chi connectivity index (χ4n) is 3.46. The van der Waals surface area contributed by atoms with E-state index < -0.39 is 0 Å². The minimum absolute atomic E-state index is 0. The number of hydrogen-bond donors (Lipinski definition) is 1. The van der Waals surface area contributed by atoms with Gasteiger partial charge < -0.3 is 5.32 Å². The van der Waals surface area contributed by atoms with Gasteiger partial charge in [0.05, 0.1) is 0 Å². The van der Waals surface area contributed by atoms with Gasteiger partial charge in [0.2, 0.25) is 0 Å². The van der Waals surface area contributed by atoms with Gasteiger partial charge in [0.1, 0.15) is 0 Å². The maximum Gasteiger partial charge on any atom is 0.0238 e. The van der Waals surface area contributed by atoms with Gasteiger partial charge >= 0.3 is 0 Å². The van der Waals surface area contributed by atoms with Gasteiger partial charge in [-0.2, -0.15) is 0 Å². The first-order valence-electron chi connectivity index (χ1n) is 8.04. The Hall–Kier alpha value is -0.570. The molecule has 1 aliphatic heterocycles. The Morgan fingerprint density at radius 3 is 2.19 bits per heavy atom. The summed E-state index contributed by atoms with van der Waals surface area (Å²) in [4.78, 5) is 2.64. The van der Waals surface area contributed by atoms with Gasteiger partial charge in [-0.3, -0.25) is 4.90 Å². The summed E-state index contributed by atoms with van der Waals surface area (Å²) in [5.41, 5.74) is 5.85. The molecule has 21 heavy (non-hydrogen) atoms. The van der Waals surface area contributed by atoms with E-state index >= 15 is 0 Å². The molecule has 0 aromatic heterocycles. The Morgan fingerprint density at radius 1 is 1.10 bits per heavy atom. The lowest BCUT2D eigenvalue weighted by Crippen LogP contribution is -2.34. The molecule has 0 saturated carbocycles. The Kier molecular flexibility index (Phi) is 7.72. The topological polar surface area (TPSA) is 15.3 Å². The molecular weight excluding hydrogens is 280 g/mol. The third-order valence-corrected chi connectivity index (χ3v) is 4.73. The summed E-state index contributed by atoms with van der Waals surface area (Å²) in [7, 11) is 2.05. The molecule has 1 fully saturated rings. The number of nitrogens with zero attached hydrogens (tertiary/aromatic N) is 1. The third-order valence-electron chi connectivity index (χ3n) is 4.73. The van der Waals surface area contributed by atoms with Gasteiger partial charge in [0.25, 0.3) is 0 Å². The minimum Gasteiger partial charge on any atom is -0.320 e. The summed E-state index contributed by atoms with van der Waals surface area (Å²) >= 11 is 0. The molecule has 1 saturated heterocycles. The van der Waals surface area contributed by atoms with E-state index in [1.165, 1.54) is 55.6 Å². The molecule has 1 heterocycles. The first-order chi connectivity index (χ1) is 9.60. The average Bonchev–Trinajstić information content (AvgIpc) is 2.42. The van der Waals surface area contributed by atoms with E-state index in [4.69, 9.17) is 0 Å². The molecule has 0 bridgehead atoms. The summed E-state index contributed by atoms with van der Waals surface area (Å²) in [6, 6.07) is 4.64. The van der Waals surface area contributed by atoms with Crippen LogP contribution >= 0.6 is 12.4 Å². The van der Waals surface area contributed by atoms with Crippen molar-refractivity contribution in [3.8, 4) is 0 Å². The lowest BCUT2D eigenvalue weighted by molar-refractivity contribution is 0.172. The van der Waals surface area contributed by atoms with Crippen LogP contribution in [0.15, 0.2) is 12.1 Å². The predicted molar refractivity (Wildman–Crippen MR) is 94.4 cm³/mol. The molecule has 1 aromatic carbocycles. The highest BCUT2D eigenvalue weighted by molar-refractivity contribution is 5.85. The van der Waals surface area contributed by atoms with Crippen molar-refractivity contribution in [1.29, 1.82) is 0 Å². The number of piperidine rings is 1. The van der Waals surface area contributed by atoms with E-state index in [9.17, 15) is 0 Å². The van der Waals surface area contributed by atoms with Gasteiger partial charge in [-0.1, -0.05) is 17.7 Å². The quantitative estimate of drug-likeness (QED) is 0.888. The Bertz CT molecular complexity index is 414. The van der Waals surface area contributed by atoms with E-state index in [0.29, 0.717) is 0 Å². The molecule has 2 nitrogen and oxygen atoms in total. The zero-order valence-electron chi connectivity index (χ0n) is 14.0. The Labute approximate surface area is 136 Å². The number of rotatable bonds is 5. The lowest BCUT2D eigenvalue weighted by Gasteiger charge is -2.32. The van der Waals surface area contributed by atoms with Crippen molar-refractivity contribution in [3.05, 3.63) is 34.4 Å². The van der Waals surface area contributed by atoms with E-state index in [0.717, 1.165) is 12.5 Å². The molecule has 0 spiro atoms. The SMILES string of the molecule is CNCCC1CCN(Cc2c(C)cc(C)cc2C)CC1.Cl. The summed E-state index contributed by atoms with van der Waals surface area (Å²) in [6.45, 7) is 11.5. The number of nitrogens with one attached hydrogen (secondary N) is 1. The number of hydrogen-bond acceptors (Lipinski definition) is 2. The van der Waals surface area contributed by atoms with Crippen molar-refractivity contribution < 1.29 is 0 Å². The van der Waals surface area contributed by atoms with Crippen LogP contribution in [0, 0.1) is 26.7 Å². The van der Waals surface area contributed by atoms with Crippen molar-refractivity contribution in [2.75, 3.05) is 26.7 Å². The zero-order chi connectivity index (χ0) is 14.5. The monoisotopic (exact) mass is 310 g/mol. The first-order valence-corrected chi connectivity index (χ1v) is 8.04. The molecule has 3 heteroatoms. The molecule has 0 radical (unpaired) electrons. The van der Waals surface area contributed by atoms with Crippen LogP contribution < -0.4 is 5.32 Å². The molecule has 0 unspecified atom stereocenters. The highest BCUT2D eigenvalue weighted by Crippen LogP contribution is 2.24. The zero-order valence-corrected chi connectivity index (χ0v) is 14.9. The summed E-state index contributed by atoms with van der Waals surface area (Å²) in [5.74, 6) is 0.930. The van der Waals surface area contributed by atoms with E-state index in [1.54, 1.807) is 5.56 Å².